The highest BCUT2D eigenvalue weighted by molar-refractivity contribution is 6.08. The standard InChI is InChI=1S/C18H15N3O4/c1-25-15-10-6-5-9-13(15)17(22)20-16-14(18(23)24)11-19-21(16)12-7-3-2-4-8-12/h2-11H,1H3,(H,20,22)(H,23,24). The molecule has 25 heavy (non-hydrogen) atoms. The number of aromatic carboxylic acids is 1. The number of carboxylic acid groups (broad SMARTS) is 1. The Morgan fingerprint density at radius 1 is 1.04 bits per heavy atom. The van der Waals surface area contributed by atoms with E-state index in [1.165, 1.54) is 18.0 Å². The van der Waals surface area contributed by atoms with Crippen molar-refractivity contribution < 1.29 is 19.4 Å². The van der Waals surface area contributed by atoms with Gasteiger partial charge in [0.15, 0.2) is 5.82 Å². The van der Waals surface area contributed by atoms with Crippen LogP contribution in [0.25, 0.3) is 5.69 Å². The van der Waals surface area contributed by atoms with Crippen molar-refractivity contribution >= 4 is 17.7 Å². The van der Waals surface area contributed by atoms with Crippen molar-refractivity contribution in [3.8, 4) is 11.4 Å². The van der Waals surface area contributed by atoms with Crippen LogP contribution >= 0.6 is 0 Å². The third-order valence-electron chi connectivity index (χ3n) is 3.58. The largest absolute Gasteiger partial charge is 0.496 e. The van der Waals surface area contributed by atoms with E-state index in [9.17, 15) is 14.7 Å². The second kappa shape index (κ2) is 6.88. The van der Waals surface area contributed by atoms with Gasteiger partial charge in [-0.25, -0.2) is 9.48 Å². The second-order valence-corrected chi connectivity index (χ2v) is 5.11. The van der Waals surface area contributed by atoms with Crippen molar-refractivity contribution in [2.75, 3.05) is 12.4 Å². The molecule has 0 bridgehead atoms. The van der Waals surface area contributed by atoms with E-state index >= 15 is 0 Å². The minimum atomic E-state index is -1.18. The number of carbonyl (C=O) groups excluding carboxylic acids is 1. The quantitative estimate of drug-likeness (QED) is 0.747. The molecule has 1 amide bonds. The molecule has 0 saturated carbocycles. The predicted molar refractivity (Wildman–Crippen MR) is 91.5 cm³/mol. The van der Waals surface area contributed by atoms with Gasteiger partial charge in [-0.3, -0.25) is 4.79 Å². The SMILES string of the molecule is COc1ccccc1C(=O)Nc1c(C(=O)O)cnn1-c1ccccc1. The monoisotopic (exact) mass is 337 g/mol. The smallest absolute Gasteiger partial charge is 0.341 e. The zero-order valence-corrected chi connectivity index (χ0v) is 13.3. The topological polar surface area (TPSA) is 93.4 Å². The first-order valence-corrected chi connectivity index (χ1v) is 7.43. The van der Waals surface area contributed by atoms with Gasteiger partial charge in [0.25, 0.3) is 5.91 Å². The highest BCUT2D eigenvalue weighted by Crippen LogP contribution is 2.23. The van der Waals surface area contributed by atoms with E-state index in [0.717, 1.165) is 0 Å². The summed E-state index contributed by atoms with van der Waals surface area (Å²) in [7, 11) is 1.46. The third-order valence-corrected chi connectivity index (χ3v) is 3.58. The summed E-state index contributed by atoms with van der Waals surface area (Å²) in [6, 6.07) is 15.6. The number of rotatable bonds is 5. The lowest BCUT2D eigenvalue weighted by Gasteiger charge is -2.12. The summed E-state index contributed by atoms with van der Waals surface area (Å²) in [5, 5.41) is 16.1. The van der Waals surface area contributed by atoms with Crippen LogP contribution in [0.2, 0.25) is 0 Å². The maximum absolute atomic E-state index is 12.6. The van der Waals surface area contributed by atoms with E-state index < -0.39 is 11.9 Å². The molecule has 2 N–H and O–H groups in total. The molecule has 1 aromatic heterocycles. The molecule has 0 spiro atoms. The lowest BCUT2D eigenvalue weighted by molar-refractivity contribution is 0.0698. The first-order chi connectivity index (χ1) is 12.1. The summed E-state index contributed by atoms with van der Waals surface area (Å²) in [6.45, 7) is 0. The van der Waals surface area contributed by atoms with Crippen LogP contribution in [0.1, 0.15) is 20.7 Å². The van der Waals surface area contributed by atoms with E-state index in [4.69, 9.17) is 4.74 Å². The average Bonchev–Trinajstić information content (AvgIpc) is 3.06. The van der Waals surface area contributed by atoms with E-state index in [1.807, 2.05) is 6.07 Å². The number of amides is 1. The van der Waals surface area contributed by atoms with Gasteiger partial charge in [-0.1, -0.05) is 30.3 Å². The summed E-state index contributed by atoms with van der Waals surface area (Å²) in [6.07, 6.45) is 1.20. The van der Waals surface area contributed by atoms with Crippen LogP contribution in [0.15, 0.2) is 60.8 Å². The third kappa shape index (κ3) is 3.20. The van der Waals surface area contributed by atoms with Crippen molar-refractivity contribution in [3.05, 3.63) is 71.9 Å². The van der Waals surface area contributed by atoms with Crippen molar-refractivity contribution in [2.24, 2.45) is 0 Å². The Morgan fingerprint density at radius 2 is 1.72 bits per heavy atom. The first kappa shape index (κ1) is 16.3. The zero-order chi connectivity index (χ0) is 17.8. The molecule has 126 valence electrons. The Hall–Kier alpha value is -3.61. The number of para-hydroxylation sites is 2. The molecule has 0 aliphatic carbocycles. The van der Waals surface area contributed by atoms with Crippen LogP contribution in [0, 0.1) is 0 Å². The Kier molecular flexibility index (Phi) is 4.47. The number of carbonyl (C=O) groups is 2. The molecule has 0 aliphatic heterocycles. The Balaban J connectivity index is 2.03. The van der Waals surface area contributed by atoms with Crippen LogP contribution < -0.4 is 10.1 Å². The number of methoxy groups -OCH3 is 1. The summed E-state index contributed by atoms with van der Waals surface area (Å²) in [5.41, 5.74) is 0.819. The highest BCUT2D eigenvalue weighted by Gasteiger charge is 2.21. The van der Waals surface area contributed by atoms with Crippen LogP contribution in [-0.2, 0) is 0 Å². The number of benzene rings is 2. The zero-order valence-electron chi connectivity index (χ0n) is 13.3. The predicted octanol–water partition coefficient (Wildman–Crippen LogP) is 2.83. The number of anilines is 1. The first-order valence-electron chi connectivity index (χ1n) is 7.43. The number of nitrogens with one attached hydrogen (secondary N) is 1. The fourth-order valence-corrected chi connectivity index (χ4v) is 2.40. The fourth-order valence-electron chi connectivity index (χ4n) is 2.40. The van der Waals surface area contributed by atoms with Crippen LogP contribution in [0.5, 0.6) is 5.75 Å². The van der Waals surface area contributed by atoms with Gasteiger partial charge in [-0.2, -0.15) is 5.10 Å². The lowest BCUT2D eigenvalue weighted by atomic mass is 10.2. The summed E-state index contributed by atoms with van der Waals surface area (Å²) < 4.78 is 6.55. The fraction of sp³-hybridized carbons (Fsp3) is 0.0556. The normalized spacial score (nSPS) is 10.3. The summed E-state index contributed by atoms with van der Waals surface area (Å²) >= 11 is 0. The Bertz CT molecular complexity index is 919. The molecular formula is C18H15N3O4. The summed E-state index contributed by atoms with van der Waals surface area (Å²) in [5.74, 6) is -1.20. The van der Waals surface area contributed by atoms with Gasteiger partial charge >= 0.3 is 5.97 Å². The molecule has 0 radical (unpaired) electrons. The molecule has 0 unspecified atom stereocenters. The van der Waals surface area contributed by atoms with Crippen LogP contribution in [0.4, 0.5) is 5.82 Å². The van der Waals surface area contributed by atoms with E-state index in [2.05, 4.69) is 10.4 Å². The van der Waals surface area contributed by atoms with Gasteiger partial charge < -0.3 is 15.2 Å². The van der Waals surface area contributed by atoms with E-state index in [0.29, 0.717) is 17.0 Å². The number of nitrogens with zero attached hydrogens (tertiary/aromatic N) is 2. The molecule has 3 aromatic rings. The van der Waals surface area contributed by atoms with Gasteiger partial charge in [0.1, 0.15) is 11.3 Å². The van der Waals surface area contributed by atoms with Crippen molar-refractivity contribution in [2.45, 2.75) is 0 Å². The van der Waals surface area contributed by atoms with Crippen LogP contribution in [-0.4, -0.2) is 33.9 Å². The van der Waals surface area contributed by atoms with Gasteiger partial charge in [-0.15, -0.1) is 0 Å². The van der Waals surface area contributed by atoms with Crippen LogP contribution in [0.3, 0.4) is 0 Å². The molecular weight excluding hydrogens is 322 g/mol. The molecule has 0 aliphatic rings. The number of carboxylic acids is 1. The lowest BCUT2D eigenvalue weighted by Crippen LogP contribution is -2.18. The van der Waals surface area contributed by atoms with Crippen molar-refractivity contribution in [1.82, 2.24) is 9.78 Å². The van der Waals surface area contributed by atoms with Crippen molar-refractivity contribution in [3.63, 3.8) is 0 Å². The van der Waals surface area contributed by atoms with Gasteiger partial charge in [-0.05, 0) is 24.3 Å². The molecule has 0 atom stereocenters. The maximum Gasteiger partial charge on any atom is 0.341 e. The number of ether oxygens (including phenoxy) is 1. The minimum absolute atomic E-state index is 0.0783. The van der Waals surface area contributed by atoms with E-state index in [1.54, 1.807) is 48.5 Å². The number of hydrogen-bond donors (Lipinski definition) is 2. The Morgan fingerprint density at radius 3 is 2.40 bits per heavy atom. The van der Waals surface area contributed by atoms with Gasteiger partial charge in [0.2, 0.25) is 0 Å². The van der Waals surface area contributed by atoms with Gasteiger partial charge in [0, 0.05) is 0 Å². The second-order valence-electron chi connectivity index (χ2n) is 5.11. The molecule has 2 aromatic carbocycles. The summed E-state index contributed by atoms with van der Waals surface area (Å²) in [4.78, 5) is 24.1. The minimum Gasteiger partial charge on any atom is -0.496 e. The Labute approximate surface area is 143 Å². The molecule has 7 nitrogen and oxygen atoms in total. The molecule has 1 heterocycles. The maximum atomic E-state index is 12.6. The van der Waals surface area contributed by atoms with Gasteiger partial charge in [0.05, 0.1) is 24.6 Å². The van der Waals surface area contributed by atoms with Crippen molar-refractivity contribution in [1.29, 1.82) is 0 Å². The number of hydrogen-bond acceptors (Lipinski definition) is 4. The molecule has 0 fully saturated rings. The average molecular weight is 337 g/mol. The molecule has 3 rings (SSSR count). The molecule has 7 heteroatoms. The van der Waals surface area contributed by atoms with E-state index in [-0.39, 0.29) is 11.4 Å². The molecule has 0 saturated heterocycles. The number of aromatic nitrogens is 2. The highest BCUT2D eigenvalue weighted by atomic mass is 16.5.